The maximum atomic E-state index is 6.16. The van der Waals surface area contributed by atoms with Gasteiger partial charge in [0, 0.05) is 13.7 Å². The molecule has 1 spiro atoms. The van der Waals surface area contributed by atoms with E-state index in [1.165, 1.54) is 44.9 Å². The Morgan fingerprint density at radius 2 is 1.88 bits per heavy atom. The van der Waals surface area contributed by atoms with Crippen LogP contribution in [0.25, 0.3) is 0 Å². The predicted octanol–water partition coefficient (Wildman–Crippen LogP) is 2.10. The van der Waals surface area contributed by atoms with Crippen LogP contribution in [0.4, 0.5) is 0 Å². The first-order valence-electron chi connectivity index (χ1n) is 6.74. The van der Waals surface area contributed by atoms with E-state index in [0.717, 1.165) is 19.8 Å². The molecule has 16 heavy (non-hydrogen) atoms. The molecule has 1 heterocycles. The lowest BCUT2D eigenvalue weighted by molar-refractivity contribution is -0.123. The molecule has 3 heteroatoms. The molecule has 0 aromatic rings. The van der Waals surface area contributed by atoms with E-state index < -0.39 is 0 Å². The van der Waals surface area contributed by atoms with Crippen LogP contribution >= 0.6 is 0 Å². The van der Waals surface area contributed by atoms with Crippen molar-refractivity contribution in [3.05, 3.63) is 0 Å². The molecule has 1 N–H and O–H groups in total. The van der Waals surface area contributed by atoms with Crippen molar-refractivity contribution in [2.45, 2.75) is 56.6 Å². The Morgan fingerprint density at radius 1 is 1.19 bits per heavy atom. The minimum Gasteiger partial charge on any atom is -0.383 e. The van der Waals surface area contributed by atoms with Gasteiger partial charge in [-0.15, -0.1) is 0 Å². The van der Waals surface area contributed by atoms with Gasteiger partial charge in [0.2, 0.25) is 0 Å². The van der Waals surface area contributed by atoms with Crippen molar-refractivity contribution < 1.29 is 9.47 Å². The molecule has 1 saturated heterocycles. The highest BCUT2D eigenvalue weighted by Crippen LogP contribution is 2.34. The average Bonchev–Trinajstić information content (AvgIpc) is 2.27. The molecular formula is C13H25NO2. The highest BCUT2D eigenvalue weighted by Gasteiger charge is 2.41. The van der Waals surface area contributed by atoms with Crippen molar-refractivity contribution in [2.75, 3.05) is 26.9 Å². The smallest absolute Gasteiger partial charge is 0.0857 e. The van der Waals surface area contributed by atoms with Crippen LogP contribution in [-0.2, 0) is 9.47 Å². The topological polar surface area (TPSA) is 30.5 Å². The summed E-state index contributed by atoms with van der Waals surface area (Å²) in [6.45, 7) is 2.61. The van der Waals surface area contributed by atoms with E-state index in [1.54, 1.807) is 7.11 Å². The molecule has 1 unspecified atom stereocenters. The van der Waals surface area contributed by atoms with Gasteiger partial charge in [0.1, 0.15) is 0 Å². The monoisotopic (exact) mass is 227 g/mol. The van der Waals surface area contributed by atoms with Gasteiger partial charge in [0.05, 0.1) is 24.9 Å². The number of morpholine rings is 1. The molecule has 1 aliphatic carbocycles. The van der Waals surface area contributed by atoms with Crippen molar-refractivity contribution in [1.82, 2.24) is 5.32 Å². The Balaban J connectivity index is 2.03. The lowest BCUT2D eigenvalue weighted by Gasteiger charge is -2.45. The first kappa shape index (κ1) is 12.3. The van der Waals surface area contributed by atoms with Gasteiger partial charge in [-0.2, -0.15) is 0 Å². The number of hydrogen-bond acceptors (Lipinski definition) is 3. The molecule has 0 aromatic heterocycles. The summed E-state index contributed by atoms with van der Waals surface area (Å²) in [5.74, 6) is 0. The van der Waals surface area contributed by atoms with Crippen molar-refractivity contribution in [2.24, 2.45) is 0 Å². The third-order valence-electron chi connectivity index (χ3n) is 4.05. The summed E-state index contributed by atoms with van der Waals surface area (Å²) >= 11 is 0. The summed E-state index contributed by atoms with van der Waals surface area (Å²) in [7, 11) is 1.78. The minimum absolute atomic E-state index is 0.0642. The highest BCUT2D eigenvalue weighted by molar-refractivity contribution is 4.96. The van der Waals surface area contributed by atoms with Crippen molar-refractivity contribution in [3.63, 3.8) is 0 Å². The third kappa shape index (κ3) is 2.76. The van der Waals surface area contributed by atoms with Crippen LogP contribution < -0.4 is 5.32 Å². The molecule has 2 rings (SSSR count). The van der Waals surface area contributed by atoms with Gasteiger partial charge in [-0.05, 0) is 12.8 Å². The molecule has 0 bridgehead atoms. The molecule has 1 atom stereocenters. The van der Waals surface area contributed by atoms with E-state index in [9.17, 15) is 0 Å². The van der Waals surface area contributed by atoms with Gasteiger partial charge in [-0.1, -0.05) is 32.1 Å². The molecule has 0 amide bonds. The summed E-state index contributed by atoms with van der Waals surface area (Å²) in [5.41, 5.74) is 0.0642. The Hall–Kier alpha value is -0.120. The van der Waals surface area contributed by atoms with Crippen LogP contribution in [0.3, 0.4) is 0 Å². The molecule has 3 nitrogen and oxygen atoms in total. The molecular weight excluding hydrogens is 202 g/mol. The molecule has 94 valence electrons. The maximum Gasteiger partial charge on any atom is 0.0857 e. The predicted molar refractivity (Wildman–Crippen MR) is 64.7 cm³/mol. The zero-order valence-electron chi connectivity index (χ0n) is 10.5. The van der Waals surface area contributed by atoms with Gasteiger partial charge in [0.25, 0.3) is 0 Å². The largest absolute Gasteiger partial charge is 0.383 e. The fourth-order valence-electron chi connectivity index (χ4n) is 3.15. The number of rotatable bonds is 2. The van der Waals surface area contributed by atoms with Crippen LogP contribution in [0, 0.1) is 0 Å². The lowest BCUT2D eigenvalue weighted by Crippen LogP contribution is -2.60. The summed E-state index contributed by atoms with van der Waals surface area (Å²) < 4.78 is 11.5. The van der Waals surface area contributed by atoms with Gasteiger partial charge in [-0.3, -0.25) is 0 Å². The first-order chi connectivity index (χ1) is 7.87. The van der Waals surface area contributed by atoms with Crippen molar-refractivity contribution in [1.29, 1.82) is 0 Å². The Kier molecular flexibility index (Phi) is 4.62. The molecule has 1 saturated carbocycles. The standard InChI is InChI=1S/C13H25NO2/c1-15-11-12-13(16-10-9-14-12)7-5-3-2-4-6-8-13/h12,14H,2-11H2,1H3. The number of methoxy groups -OCH3 is 1. The number of nitrogens with one attached hydrogen (secondary N) is 1. The third-order valence-corrected chi connectivity index (χ3v) is 4.05. The summed E-state index contributed by atoms with van der Waals surface area (Å²) in [4.78, 5) is 0. The van der Waals surface area contributed by atoms with Crippen molar-refractivity contribution >= 4 is 0 Å². The van der Waals surface area contributed by atoms with Crippen LogP contribution in [0.1, 0.15) is 44.9 Å². The van der Waals surface area contributed by atoms with Crippen LogP contribution in [0.15, 0.2) is 0 Å². The molecule has 0 radical (unpaired) electrons. The Morgan fingerprint density at radius 3 is 2.56 bits per heavy atom. The second kappa shape index (κ2) is 5.99. The van der Waals surface area contributed by atoms with Crippen LogP contribution in [0.5, 0.6) is 0 Å². The number of ether oxygens (including phenoxy) is 2. The van der Waals surface area contributed by atoms with Gasteiger partial charge >= 0.3 is 0 Å². The second-order valence-corrected chi connectivity index (χ2v) is 5.14. The van der Waals surface area contributed by atoms with E-state index in [0.29, 0.717) is 6.04 Å². The molecule has 2 fully saturated rings. The van der Waals surface area contributed by atoms with Gasteiger partial charge < -0.3 is 14.8 Å². The number of hydrogen-bond donors (Lipinski definition) is 1. The average molecular weight is 227 g/mol. The van der Waals surface area contributed by atoms with E-state index in [2.05, 4.69) is 5.32 Å². The van der Waals surface area contributed by atoms with Gasteiger partial charge in [0.15, 0.2) is 0 Å². The normalized spacial score (nSPS) is 30.9. The lowest BCUT2D eigenvalue weighted by atomic mass is 9.80. The quantitative estimate of drug-likeness (QED) is 0.783. The zero-order valence-corrected chi connectivity index (χ0v) is 10.5. The van der Waals surface area contributed by atoms with Gasteiger partial charge in [-0.25, -0.2) is 0 Å². The van der Waals surface area contributed by atoms with E-state index >= 15 is 0 Å². The Labute approximate surface area is 98.9 Å². The van der Waals surface area contributed by atoms with E-state index in [1.807, 2.05) is 0 Å². The van der Waals surface area contributed by atoms with E-state index in [-0.39, 0.29) is 5.60 Å². The minimum atomic E-state index is 0.0642. The SMILES string of the molecule is COCC1NCCOC12CCCCCCC2. The van der Waals surface area contributed by atoms with Crippen molar-refractivity contribution in [3.8, 4) is 0 Å². The van der Waals surface area contributed by atoms with Crippen LogP contribution in [0.2, 0.25) is 0 Å². The maximum absolute atomic E-state index is 6.16. The summed E-state index contributed by atoms with van der Waals surface area (Å²) in [6, 6.07) is 0.393. The second-order valence-electron chi connectivity index (χ2n) is 5.14. The van der Waals surface area contributed by atoms with Crippen LogP contribution in [-0.4, -0.2) is 38.5 Å². The fraction of sp³-hybridized carbons (Fsp3) is 1.00. The summed E-state index contributed by atoms with van der Waals surface area (Å²) in [6.07, 6.45) is 9.15. The highest BCUT2D eigenvalue weighted by atomic mass is 16.5. The molecule has 2 aliphatic rings. The Bertz CT molecular complexity index is 198. The fourth-order valence-corrected chi connectivity index (χ4v) is 3.15. The molecule has 0 aromatic carbocycles. The first-order valence-corrected chi connectivity index (χ1v) is 6.74. The zero-order chi connectivity index (χ0) is 11.3. The molecule has 1 aliphatic heterocycles. The summed E-state index contributed by atoms with van der Waals surface area (Å²) in [5, 5.41) is 3.58. The van der Waals surface area contributed by atoms with E-state index in [4.69, 9.17) is 9.47 Å².